The molecule has 1 unspecified atom stereocenters. The molecule has 6 heteroatoms. The Labute approximate surface area is 181 Å². The van der Waals surface area contributed by atoms with Gasteiger partial charge in [0.05, 0.1) is 17.1 Å². The highest BCUT2D eigenvalue weighted by atomic mass is 16.2. The molecule has 0 aliphatic carbocycles. The molecule has 4 rings (SSSR count). The molecule has 3 aromatic rings. The van der Waals surface area contributed by atoms with Crippen LogP contribution >= 0.6 is 0 Å². The molecule has 3 aromatic carbocycles. The second-order valence-electron chi connectivity index (χ2n) is 7.47. The highest BCUT2D eigenvalue weighted by Gasteiger charge is 2.26. The molecule has 31 heavy (non-hydrogen) atoms. The number of fused-ring (bicyclic) bond motifs is 1. The molecular weight excluding hydrogens is 388 g/mol. The van der Waals surface area contributed by atoms with Gasteiger partial charge in [-0.2, -0.15) is 0 Å². The lowest BCUT2D eigenvalue weighted by Gasteiger charge is -2.25. The first kappa shape index (κ1) is 20.5. The number of rotatable bonds is 7. The van der Waals surface area contributed by atoms with Gasteiger partial charge in [-0.05, 0) is 29.8 Å². The van der Waals surface area contributed by atoms with Gasteiger partial charge in [0.15, 0.2) is 0 Å². The van der Waals surface area contributed by atoms with Gasteiger partial charge in [-0.1, -0.05) is 60.7 Å². The van der Waals surface area contributed by atoms with Gasteiger partial charge in [-0.15, -0.1) is 0 Å². The Morgan fingerprint density at radius 1 is 0.871 bits per heavy atom. The molecule has 1 heterocycles. The average molecular weight is 412 g/mol. The summed E-state index contributed by atoms with van der Waals surface area (Å²) in [6, 6.07) is 25.9. The maximum Gasteiger partial charge on any atom is 0.249 e. The molecule has 156 valence electrons. The summed E-state index contributed by atoms with van der Waals surface area (Å²) >= 11 is 0. The van der Waals surface area contributed by atoms with Crippen LogP contribution in [0.4, 0.5) is 5.69 Å². The SMILES string of the molecule is CN(C(=O)C(Cc1ccccc1)NC(=O)CC1N=c2ccccc2=N1)c1ccccc1. The third-order valence-corrected chi connectivity index (χ3v) is 5.22. The smallest absolute Gasteiger partial charge is 0.249 e. The number of para-hydroxylation sites is 3. The lowest BCUT2D eigenvalue weighted by atomic mass is 10.0. The number of nitrogens with one attached hydrogen (secondary N) is 1. The first-order valence-electron chi connectivity index (χ1n) is 10.3. The van der Waals surface area contributed by atoms with Gasteiger partial charge in [0, 0.05) is 19.2 Å². The minimum Gasteiger partial charge on any atom is -0.344 e. The fraction of sp³-hybridized carbons (Fsp3) is 0.200. The molecular formula is C25H24N4O2. The molecule has 0 saturated carbocycles. The van der Waals surface area contributed by atoms with Crippen LogP contribution in [0.2, 0.25) is 0 Å². The molecule has 0 spiro atoms. The number of carbonyl (C=O) groups is 2. The van der Waals surface area contributed by atoms with Crippen molar-refractivity contribution in [3.05, 3.63) is 101 Å². The maximum atomic E-state index is 13.3. The zero-order valence-electron chi connectivity index (χ0n) is 17.3. The van der Waals surface area contributed by atoms with Crippen molar-refractivity contribution in [1.82, 2.24) is 5.32 Å². The van der Waals surface area contributed by atoms with Crippen molar-refractivity contribution in [2.45, 2.75) is 25.0 Å². The highest BCUT2D eigenvalue weighted by molar-refractivity contribution is 5.99. The lowest BCUT2D eigenvalue weighted by molar-refractivity contribution is -0.127. The van der Waals surface area contributed by atoms with Crippen molar-refractivity contribution in [3.63, 3.8) is 0 Å². The minimum atomic E-state index is -0.691. The number of likely N-dealkylation sites (N-methyl/N-ethyl adjacent to an activating group) is 1. The molecule has 0 fully saturated rings. The van der Waals surface area contributed by atoms with Gasteiger partial charge in [-0.3, -0.25) is 19.6 Å². The van der Waals surface area contributed by atoms with E-state index in [0.717, 1.165) is 22.0 Å². The number of hydrogen-bond donors (Lipinski definition) is 1. The predicted octanol–water partition coefficient (Wildman–Crippen LogP) is 2.05. The van der Waals surface area contributed by atoms with Crippen molar-refractivity contribution >= 4 is 17.5 Å². The summed E-state index contributed by atoms with van der Waals surface area (Å²) in [6.45, 7) is 0. The Morgan fingerprint density at radius 3 is 2.03 bits per heavy atom. The van der Waals surface area contributed by atoms with Crippen molar-refractivity contribution in [1.29, 1.82) is 0 Å². The first-order chi connectivity index (χ1) is 15.1. The zero-order chi connectivity index (χ0) is 21.6. The number of nitrogens with zero attached hydrogens (tertiary/aromatic N) is 3. The second-order valence-corrected chi connectivity index (χ2v) is 7.47. The van der Waals surface area contributed by atoms with Gasteiger partial charge in [-0.25, -0.2) is 0 Å². The van der Waals surface area contributed by atoms with Crippen LogP contribution in [0.25, 0.3) is 0 Å². The quantitative estimate of drug-likeness (QED) is 0.645. The molecule has 6 nitrogen and oxygen atoms in total. The van der Waals surface area contributed by atoms with Crippen LogP contribution in [-0.2, 0) is 16.0 Å². The van der Waals surface area contributed by atoms with Crippen molar-refractivity contribution in [2.24, 2.45) is 9.98 Å². The number of carbonyl (C=O) groups excluding carboxylic acids is 2. The van der Waals surface area contributed by atoms with E-state index in [-0.39, 0.29) is 18.2 Å². The van der Waals surface area contributed by atoms with Crippen LogP contribution in [0, 0.1) is 0 Å². The Bertz CT molecular complexity index is 1140. The lowest BCUT2D eigenvalue weighted by Crippen LogP contribution is -2.49. The summed E-state index contributed by atoms with van der Waals surface area (Å²) < 4.78 is 0. The van der Waals surface area contributed by atoms with E-state index in [2.05, 4.69) is 15.3 Å². The molecule has 0 bridgehead atoms. The fourth-order valence-electron chi connectivity index (χ4n) is 3.61. The van der Waals surface area contributed by atoms with E-state index < -0.39 is 12.2 Å². The Kier molecular flexibility index (Phi) is 6.17. The predicted molar refractivity (Wildman–Crippen MR) is 119 cm³/mol. The number of hydrogen-bond acceptors (Lipinski definition) is 4. The standard InChI is InChI=1S/C25H24N4O2/c1-29(19-12-6-3-7-13-19)25(31)22(16-18-10-4-2-5-11-18)28-24(30)17-23-26-20-14-8-9-15-21(20)27-23/h2-15,22-23H,16-17H2,1H3,(H,28,30). The molecule has 1 aliphatic rings. The van der Waals surface area contributed by atoms with Gasteiger partial charge in [0.2, 0.25) is 11.8 Å². The van der Waals surface area contributed by atoms with E-state index in [9.17, 15) is 9.59 Å². The van der Waals surface area contributed by atoms with E-state index >= 15 is 0 Å². The van der Waals surface area contributed by atoms with Gasteiger partial charge >= 0.3 is 0 Å². The van der Waals surface area contributed by atoms with Crippen LogP contribution in [0.5, 0.6) is 0 Å². The van der Waals surface area contributed by atoms with Gasteiger partial charge in [0.25, 0.3) is 0 Å². The Hall–Kier alpha value is -3.80. The average Bonchev–Trinajstić information content (AvgIpc) is 3.21. The summed E-state index contributed by atoms with van der Waals surface area (Å²) in [7, 11) is 1.72. The number of anilines is 1. The van der Waals surface area contributed by atoms with Crippen molar-refractivity contribution in [3.8, 4) is 0 Å². The number of benzene rings is 3. The largest absolute Gasteiger partial charge is 0.344 e. The monoisotopic (exact) mass is 412 g/mol. The number of amides is 2. The van der Waals surface area contributed by atoms with Crippen LogP contribution in [0.3, 0.4) is 0 Å². The molecule has 1 atom stereocenters. The second kappa shape index (κ2) is 9.34. The molecule has 0 radical (unpaired) electrons. The summed E-state index contributed by atoms with van der Waals surface area (Å²) in [5, 5.41) is 4.50. The zero-order valence-corrected chi connectivity index (χ0v) is 17.3. The third-order valence-electron chi connectivity index (χ3n) is 5.22. The van der Waals surface area contributed by atoms with E-state index in [1.807, 2.05) is 84.9 Å². The highest BCUT2D eigenvalue weighted by Crippen LogP contribution is 2.14. The van der Waals surface area contributed by atoms with E-state index in [0.29, 0.717) is 6.42 Å². The molecule has 0 aromatic heterocycles. The maximum absolute atomic E-state index is 13.3. The van der Waals surface area contributed by atoms with Gasteiger partial charge < -0.3 is 10.2 Å². The first-order valence-corrected chi connectivity index (χ1v) is 10.3. The molecule has 0 saturated heterocycles. The van der Waals surface area contributed by atoms with Crippen LogP contribution in [0.1, 0.15) is 12.0 Å². The minimum absolute atomic E-state index is 0.0995. The van der Waals surface area contributed by atoms with Crippen LogP contribution in [0.15, 0.2) is 94.9 Å². The molecule has 2 amide bonds. The topological polar surface area (TPSA) is 74.1 Å². The van der Waals surface area contributed by atoms with Gasteiger partial charge in [0.1, 0.15) is 12.2 Å². The van der Waals surface area contributed by atoms with E-state index in [1.54, 1.807) is 11.9 Å². The van der Waals surface area contributed by atoms with E-state index in [4.69, 9.17) is 0 Å². The molecule has 1 aliphatic heterocycles. The van der Waals surface area contributed by atoms with Crippen molar-refractivity contribution < 1.29 is 9.59 Å². The summed E-state index contributed by atoms with van der Waals surface area (Å²) in [5.41, 5.74) is 1.75. The normalized spacial score (nSPS) is 13.5. The molecule has 1 N–H and O–H groups in total. The van der Waals surface area contributed by atoms with Crippen molar-refractivity contribution in [2.75, 3.05) is 11.9 Å². The Balaban J connectivity index is 1.49. The Morgan fingerprint density at radius 2 is 1.42 bits per heavy atom. The van der Waals surface area contributed by atoms with Crippen LogP contribution in [-0.4, -0.2) is 31.1 Å². The summed E-state index contributed by atoms with van der Waals surface area (Å²) in [6.07, 6.45) is 0.0427. The fourth-order valence-corrected chi connectivity index (χ4v) is 3.61. The van der Waals surface area contributed by atoms with E-state index in [1.165, 1.54) is 0 Å². The third kappa shape index (κ3) is 5.04. The summed E-state index contributed by atoms with van der Waals surface area (Å²) in [5.74, 6) is -0.423. The summed E-state index contributed by atoms with van der Waals surface area (Å²) in [4.78, 5) is 36.6. The van der Waals surface area contributed by atoms with Crippen LogP contribution < -0.4 is 20.9 Å².